The summed E-state index contributed by atoms with van der Waals surface area (Å²) >= 11 is 0. The summed E-state index contributed by atoms with van der Waals surface area (Å²) in [6.45, 7) is 7.96. The number of nitrogens with one attached hydrogen (secondary N) is 1. The smallest absolute Gasteiger partial charge is 0.161 e. The molecular formula is C17H26N2O2. The van der Waals surface area contributed by atoms with Gasteiger partial charge in [0, 0.05) is 25.7 Å². The summed E-state index contributed by atoms with van der Waals surface area (Å²) in [6.07, 6.45) is 2.70. The molecule has 0 amide bonds. The molecule has 2 fully saturated rings. The lowest BCUT2D eigenvalue weighted by atomic mass is 9.94. The first-order chi connectivity index (χ1) is 10.4. The third-order valence-electron chi connectivity index (χ3n) is 4.49. The third kappa shape index (κ3) is 3.69. The number of nitrogens with zero attached hydrogens (tertiary/aromatic N) is 1. The van der Waals surface area contributed by atoms with Gasteiger partial charge in [-0.3, -0.25) is 4.90 Å². The molecule has 2 aliphatic heterocycles. The van der Waals surface area contributed by atoms with E-state index in [2.05, 4.69) is 10.2 Å². The summed E-state index contributed by atoms with van der Waals surface area (Å²) in [4.78, 5) is 2.52. The fraction of sp³-hybridized carbons (Fsp3) is 0.647. The Morgan fingerprint density at radius 2 is 2.00 bits per heavy atom. The Kier molecular flexibility index (Phi) is 4.99. The molecule has 2 atom stereocenters. The van der Waals surface area contributed by atoms with Crippen molar-refractivity contribution < 1.29 is 9.47 Å². The highest BCUT2D eigenvalue weighted by molar-refractivity contribution is 5.39. The standard InChI is InChI=1S/C17H26N2O2/c1-2-20-16-7-3-4-8-17(16)21-11-10-19-12-14-6-5-9-18-15(14)13-19/h3-4,7-8,14-15,18H,2,5-6,9-13H2,1H3. The molecule has 116 valence electrons. The largest absolute Gasteiger partial charge is 0.490 e. The molecule has 0 saturated carbocycles. The van der Waals surface area contributed by atoms with Crippen molar-refractivity contribution >= 4 is 0 Å². The Morgan fingerprint density at radius 3 is 2.76 bits per heavy atom. The van der Waals surface area contributed by atoms with Crippen molar-refractivity contribution in [1.29, 1.82) is 0 Å². The number of hydrogen-bond acceptors (Lipinski definition) is 4. The van der Waals surface area contributed by atoms with Gasteiger partial charge in [-0.25, -0.2) is 0 Å². The first-order valence-electron chi connectivity index (χ1n) is 8.17. The van der Waals surface area contributed by atoms with Crippen molar-refractivity contribution in [2.45, 2.75) is 25.8 Å². The Labute approximate surface area is 127 Å². The van der Waals surface area contributed by atoms with Crippen LogP contribution >= 0.6 is 0 Å². The van der Waals surface area contributed by atoms with Crippen LogP contribution < -0.4 is 14.8 Å². The maximum atomic E-state index is 5.92. The lowest BCUT2D eigenvalue weighted by Crippen LogP contribution is -2.40. The monoisotopic (exact) mass is 290 g/mol. The first kappa shape index (κ1) is 14.7. The van der Waals surface area contributed by atoms with Gasteiger partial charge in [0.25, 0.3) is 0 Å². The van der Waals surface area contributed by atoms with E-state index in [0.717, 1.165) is 30.6 Å². The van der Waals surface area contributed by atoms with E-state index in [4.69, 9.17) is 9.47 Å². The van der Waals surface area contributed by atoms with Crippen LogP contribution in [0.4, 0.5) is 0 Å². The summed E-state index contributed by atoms with van der Waals surface area (Å²) in [5, 5.41) is 3.64. The van der Waals surface area contributed by atoms with Gasteiger partial charge in [0.05, 0.1) is 6.61 Å². The summed E-state index contributed by atoms with van der Waals surface area (Å²) in [6, 6.07) is 8.62. The van der Waals surface area contributed by atoms with E-state index in [1.54, 1.807) is 0 Å². The van der Waals surface area contributed by atoms with E-state index in [9.17, 15) is 0 Å². The fourth-order valence-electron chi connectivity index (χ4n) is 3.45. The van der Waals surface area contributed by atoms with Crippen molar-refractivity contribution in [3.8, 4) is 11.5 Å². The van der Waals surface area contributed by atoms with Crippen LogP contribution in [0.1, 0.15) is 19.8 Å². The molecule has 4 heteroatoms. The molecule has 0 spiro atoms. The predicted molar refractivity (Wildman–Crippen MR) is 84.1 cm³/mol. The van der Waals surface area contributed by atoms with Gasteiger partial charge in [-0.1, -0.05) is 12.1 Å². The Bertz CT molecular complexity index is 438. The van der Waals surface area contributed by atoms with E-state index in [1.807, 2.05) is 31.2 Å². The Hall–Kier alpha value is -1.26. The number of para-hydroxylation sites is 2. The van der Waals surface area contributed by atoms with Gasteiger partial charge in [-0.05, 0) is 44.4 Å². The molecule has 0 aromatic heterocycles. The van der Waals surface area contributed by atoms with Crippen molar-refractivity contribution in [2.75, 3.05) is 39.4 Å². The molecular weight excluding hydrogens is 264 g/mol. The average molecular weight is 290 g/mol. The lowest BCUT2D eigenvalue weighted by Gasteiger charge is -2.24. The van der Waals surface area contributed by atoms with Crippen molar-refractivity contribution in [1.82, 2.24) is 10.2 Å². The van der Waals surface area contributed by atoms with Crippen molar-refractivity contribution in [3.05, 3.63) is 24.3 Å². The molecule has 3 rings (SSSR count). The summed E-state index contributed by atoms with van der Waals surface area (Å²) in [5.41, 5.74) is 0. The maximum Gasteiger partial charge on any atom is 0.161 e. The number of ether oxygens (including phenoxy) is 2. The van der Waals surface area contributed by atoms with Crippen LogP contribution in [0.15, 0.2) is 24.3 Å². The van der Waals surface area contributed by atoms with Crippen molar-refractivity contribution in [3.63, 3.8) is 0 Å². The fourth-order valence-corrected chi connectivity index (χ4v) is 3.45. The highest BCUT2D eigenvalue weighted by atomic mass is 16.5. The van der Waals surface area contributed by atoms with E-state index in [1.165, 1.54) is 32.5 Å². The maximum absolute atomic E-state index is 5.92. The molecule has 2 aliphatic rings. The summed E-state index contributed by atoms with van der Waals surface area (Å²) in [5.74, 6) is 2.54. The molecule has 21 heavy (non-hydrogen) atoms. The normalized spacial score (nSPS) is 25.6. The zero-order valence-corrected chi connectivity index (χ0v) is 12.9. The lowest BCUT2D eigenvalue weighted by molar-refractivity contribution is 0.221. The van der Waals surface area contributed by atoms with Gasteiger partial charge >= 0.3 is 0 Å². The van der Waals surface area contributed by atoms with E-state index in [0.29, 0.717) is 12.6 Å². The number of piperidine rings is 1. The quantitative estimate of drug-likeness (QED) is 0.870. The van der Waals surface area contributed by atoms with Crippen LogP contribution in [0.5, 0.6) is 11.5 Å². The van der Waals surface area contributed by atoms with Crippen LogP contribution in [0.25, 0.3) is 0 Å². The Balaban J connectivity index is 1.46. The van der Waals surface area contributed by atoms with Crippen LogP contribution in [-0.2, 0) is 0 Å². The highest BCUT2D eigenvalue weighted by Gasteiger charge is 2.33. The van der Waals surface area contributed by atoms with Gasteiger partial charge in [-0.15, -0.1) is 0 Å². The minimum absolute atomic E-state index is 0.668. The molecule has 2 saturated heterocycles. The van der Waals surface area contributed by atoms with Crippen LogP contribution in [0.3, 0.4) is 0 Å². The SMILES string of the molecule is CCOc1ccccc1OCCN1CC2CCCNC2C1. The van der Waals surface area contributed by atoms with Gasteiger partial charge < -0.3 is 14.8 Å². The Morgan fingerprint density at radius 1 is 1.19 bits per heavy atom. The molecule has 2 unspecified atom stereocenters. The molecule has 0 aliphatic carbocycles. The molecule has 1 aromatic rings. The van der Waals surface area contributed by atoms with Gasteiger partial charge in [-0.2, -0.15) is 0 Å². The first-order valence-corrected chi connectivity index (χ1v) is 8.17. The van der Waals surface area contributed by atoms with Gasteiger partial charge in [0.1, 0.15) is 6.61 Å². The van der Waals surface area contributed by atoms with Crippen LogP contribution in [0, 0.1) is 5.92 Å². The van der Waals surface area contributed by atoms with E-state index < -0.39 is 0 Å². The number of hydrogen-bond donors (Lipinski definition) is 1. The minimum atomic E-state index is 0.668. The van der Waals surface area contributed by atoms with Crippen molar-refractivity contribution in [2.24, 2.45) is 5.92 Å². The number of likely N-dealkylation sites (tertiary alicyclic amines) is 1. The highest BCUT2D eigenvalue weighted by Crippen LogP contribution is 2.27. The van der Waals surface area contributed by atoms with E-state index >= 15 is 0 Å². The molecule has 1 aromatic carbocycles. The zero-order chi connectivity index (χ0) is 14.5. The second-order valence-electron chi connectivity index (χ2n) is 5.95. The number of rotatable bonds is 6. The van der Waals surface area contributed by atoms with Gasteiger partial charge in [0.2, 0.25) is 0 Å². The molecule has 1 N–H and O–H groups in total. The number of benzene rings is 1. The molecule has 2 heterocycles. The second kappa shape index (κ2) is 7.14. The molecule has 4 nitrogen and oxygen atoms in total. The summed E-state index contributed by atoms with van der Waals surface area (Å²) in [7, 11) is 0. The molecule has 0 bridgehead atoms. The van der Waals surface area contributed by atoms with Crippen LogP contribution in [0.2, 0.25) is 0 Å². The predicted octanol–water partition coefficient (Wildman–Crippen LogP) is 2.15. The zero-order valence-electron chi connectivity index (χ0n) is 12.9. The topological polar surface area (TPSA) is 33.7 Å². The van der Waals surface area contributed by atoms with Gasteiger partial charge in [0.15, 0.2) is 11.5 Å². The minimum Gasteiger partial charge on any atom is -0.490 e. The second-order valence-corrected chi connectivity index (χ2v) is 5.95. The number of fused-ring (bicyclic) bond motifs is 1. The van der Waals surface area contributed by atoms with E-state index in [-0.39, 0.29) is 0 Å². The third-order valence-corrected chi connectivity index (χ3v) is 4.49. The molecule has 0 radical (unpaired) electrons. The summed E-state index contributed by atoms with van der Waals surface area (Å²) < 4.78 is 11.5. The average Bonchev–Trinajstić information content (AvgIpc) is 2.92. The van der Waals surface area contributed by atoms with Crippen LogP contribution in [-0.4, -0.2) is 50.3 Å².